The number of carboxylic acid groups (broad SMARTS) is 1. The lowest BCUT2D eigenvalue weighted by Gasteiger charge is -2.32. The van der Waals surface area contributed by atoms with Crippen molar-refractivity contribution >= 4 is 35.0 Å². The number of likely N-dealkylation sites (N-methyl/N-ethyl adjacent to an activating group) is 1. The fourth-order valence-corrected chi connectivity index (χ4v) is 4.09. The van der Waals surface area contributed by atoms with Crippen molar-refractivity contribution in [1.82, 2.24) is 4.90 Å². The molecule has 0 bridgehead atoms. The molecular formula is C15H20ClNO4S. The number of aromatic carboxylic acids is 1. The predicted molar refractivity (Wildman–Crippen MR) is 86.1 cm³/mol. The molecule has 1 aliphatic rings. The lowest BCUT2D eigenvalue weighted by atomic mass is 9.93. The molecule has 5 nitrogen and oxygen atoms in total. The van der Waals surface area contributed by atoms with E-state index in [0.29, 0.717) is 17.9 Å². The Morgan fingerprint density at radius 2 is 2.05 bits per heavy atom. The summed E-state index contributed by atoms with van der Waals surface area (Å²) < 4.78 is 5.38. The Bertz CT molecular complexity index is 605. The van der Waals surface area contributed by atoms with Crippen LogP contribution in [0.2, 0.25) is 5.02 Å². The van der Waals surface area contributed by atoms with Gasteiger partial charge in [0.25, 0.3) is 0 Å². The predicted octanol–water partition coefficient (Wildman–Crippen LogP) is 3.82. The Morgan fingerprint density at radius 1 is 1.41 bits per heavy atom. The van der Waals surface area contributed by atoms with Gasteiger partial charge in [-0.15, -0.1) is 11.3 Å². The van der Waals surface area contributed by atoms with Crippen LogP contribution in [0.3, 0.4) is 0 Å². The molecule has 1 aromatic rings. The molecule has 0 aliphatic heterocycles. The molecule has 1 amide bonds. The van der Waals surface area contributed by atoms with Gasteiger partial charge in [0.15, 0.2) is 0 Å². The average molecular weight is 346 g/mol. The molecule has 2 rings (SSSR count). The first-order valence-corrected chi connectivity index (χ1v) is 8.28. The second kappa shape index (κ2) is 6.08. The Kier molecular flexibility index (Phi) is 4.73. The van der Waals surface area contributed by atoms with E-state index in [1.165, 1.54) is 11.3 Å². The number of halogens is 1. The Hall–Kier alpha value is -1.27. The van der Waals surface area contributed by atoms with Crippen molar-refractivity contribution in [2.75, 3.05) is 7.05 Å². The summed E-state index contributed by atoms with van der Waals surface area (Å²) in [4.78, 5) is 26.0. The fraction of sp³-hybridized carbons (Fsp3) is 0.600. The second-order valence-corrected chi connectivity index (χ2v) is 7.92. The van der Waals surface area contributed by atoms with Gasteiger partial charge in [-0.25, -0.2) is 9.59 Å². The molecule has 1 aromatic heterocycles. The number of fused-ring (bicyclic) bond motifs is 1. The van der Waals surface area contributed by atoms with Crippen LogP contribution in [0.25, 0.3) is 0 Å². The zero-order valence-electron chi connectivity index (χ0n) is 13.1. The monoisotopic (exact) mass is 345 g/mol. The highest BCUT2D eigenvalue weighted by molar-refractivity contribution is 7.14. The van der Waals surface area contributed by atoms with Gasteiger partial charge < -0.3 is 14.7 Å². The Balaban J connectivity index is 2.13. The minimum atomic E-state index is -0.999. The summed E-state index contributed by atoms with van der Waals surface area (Å²) in [5.41, 5.74) is 0.381. The van der Waals surface area contributed by atoms with Crippen molar-refractivity contribution in [2.45, 2.75) is 51.7 Å². The van der Waals surface area contributed by atoms with Crippen molar-refractivity contribution in [3.63, 3.8) is 0 Å². The molecule has 1 unspecified atom stereocenters. The zero-order valence-corrected chi connectivity index (χ0v) is 14.7. The van der Waals surface area contributed by atoms with Crippen LogP contribution in [0, 0.1) is 0 Å². The summed E-state index contributed by atoms with van der Waals surface area (Å²) >= 11 is 7.34. The van der Waals surface area contributed by atoms with Crippen LogP contribution in [0.4, 0.5) is 4.79 Å². The van der Waals surface area contributed by atoms with Gasteiger partial charge in [-0.2, -0.15) is 0 Å². The number of thiophene rings is 1. The quantitative estimate of drug-likeness (QED) is 0.884. The third-order valence-electron chi connectivity index (χ3n) is 3.60. The lowest BCUT2D eigenvalue weighted by molar-refractivity contribution is 0.0211. The maximum Gasteiger partial charge on any atom is 0.410 e. The number of hydrogen-bond acceptors (Lipinski definition) is 4. The number of hydrogen-bond donors (Lipinski definition) is 1. The summed E-state index contributed by atoms with van der Waals surface area (Å²) in [6.07, 6.45) is 1.68. The van der Waals surface area contributed by atoms with Crippen LogP contribution >= 0.6 is 22.9 Å². The normalized spacial score (nSPS) is 17.8. The van der Waals surface area contributed by atoms with E-state index < -0.39 is 11.6 Å². The third kappa shape index (κ3) is 3.55. The summed E-state index contributed by atoms with van der Waals surface area (Å²) in [7, 11) is 1.72. The first-order valence-electron chi connectivity index (χ1n) is 7.09. The molecule has 0 fully saturated rings. The van der Waals surface area contributed by atoms with Crippen LogP contribution in [0.1, 0.15) is 47.3 Å². The van der Waals surface area contributed by atoms with Crippen LogP contribution in [-0.4, -0.2) is 40.8 Å². The van der Waals surface area contributed by atoms with Crippen molar-refractivity contribution in [1.29, 1.82) is 0 Å². The number of carbonyl (C=O) groups is 2. The van der Waals surface area contributed by atoms with E-state index in [9.17, 15) is 9.59 Å². The zero-order chi connectivity index (χ0) is 16.7. The van der Waals surface area contributed by atoms with Gasteiger partial charge in [-0.3, -0.25) is 0 Å². The van der Waals surface area contributed by atoms with E-state index >= 15 is 0 Å². The SMILES string of the molecule is CN(C(=O)OC(C)(C)C)C1CCc2c(sc(C(=O)O)c2Cl)C1. The second-order valence-electron chi connectivity index (χ2n) is 6.44. The summed E-state index contributed by atoms with van der Waals surface area (Å²) in [6.45, 7) is 5.49. The van der Waals surface area contributed by atoms with Crippen molar-refractivity contribution in [2.24, 2.45) is 0 Å². The summed E-state index contributed by atoms with van der Waals surface area (Å²) in [5, 5.41) is 9.50. The first kappa shape index (κ1) is 17.1. The van der Waals surface area contributed by atoms with E-state index in [2.05, 4.69) is 0 Å². The molecule has 1 atom stereocenters. The molecule has 122 valence electrons. The van der Waals surface area contributed by atoms with E-state index in [4.69, 9.17) is 21.4 Å². The van der Waals surface area contributed by atoms with Gasteiger partial charge in [0.1, 0.15) is 10.5 Å². The molecule has 0 spiro atoms. The fourth-order valence-electron chi connectivity index (χ4n) is 2.48. The van der Waals surface area contributed by atoms with Gasteiger partial charge in [0.2, 0.25) is 0 Å². The van der Waals surface area contributed by atoms with Gasteiger partial charge in [0, 0.05) is 24.4 Å². The lowest BCUT2D eigenvalue weighted by Crippen LogP contribution is -2.43. The maximum absolute atomic E-state index is 12.1. The van der Waals surface area contributed by atoms with Crippen molar-refractivity contribution < 1.29 is 19.4 Å². The third-order valence-corrected chi connectivity index (χ3v) is 5.37. The molecule has 7 heteroatoms. The number of ether oxygens (including phenoxy) is 1. The largest absolute Gasteiger partial charge is 0.477 e. The van der Waals surface area contributed by atoms with Crippen LogP contribution in [0.5, 0.6) is 0 Å². The molecule has 1 aliphatic carbocycles. The maximum atomic E-state index is 12.1. The molecule has 0 aromatic carbocycles. The number of nitrogens with zero attached hydrogens (tertiary/aromatic N) is 1. The smallest absolute Gasteiger partial charge is 0.410 e. The molecule has 0 saturated heterocycles. The number of rotatable bonds is 2. The minimum Gasteiger partial charge on any atom is -0.477 e. The topological polar surface area (TPSA) is 66.8 Å². The van der Waals surface area contributed by atoms with Gasteiger partial charge in [-0.05, 0) is 39.2 Å². The molecule has 1 heterocycles. The highest BCUT2D eigenvalue weighted by Crippen LogP contribution is 2.38. The number of carboxylic acids is 1. The van der Waals surface area contributed by atoms with Gasteiger partial charge in [0.05, 0.1) is 5.02 Å². The van der Waals surface area contributed by atoms with Crippen LogP contribution in [0.15, 0.2) is 0 Å². The highest BCUT2D eigenvalue weighted by atomic mass is 35.5. The average Bonchev–Trinajstić information content (AvgIpc) is 2.73. The molecule has 22 heavy (non-hydrogen) atoms. The molecular weight excluding hydrogens is 326 g/mol. The molecule has 0 radical (unpaired) electrons. The molecule has 1 N–H and O–H groups in total. The van der Waals surface area contributed by atoms with E-state index in [1.54, 1.807) is 11.9 Å². The van der Waals surface area contributed by atoms with Crippen molar-refractivity contribution in [3.8, 4) is 0 Å². The van der Waals surface area contributed by atoms with Crippen LogP contribution < -0.4 is 0 Å². The summed E-state index contributed by atoms with van der Waals surface area (Å²) in [5.74, 6) is -0.999. The minimum absolute atomic E-state index is 0.00119. The van der Waals surface area contributed by atoms with E-state index in [1.807, 2.05) is 20.8 Å². The Morgan fingerprint density at radius 3 is 2.59 bits per heavy atom. The van der Waals surface area contributed by atoms with Gasteiger partial charge in [-0.1, -0.05) is 11.6 Å². The number of amides is 1. The Labute approximate surface area is 138 Å². The van der Waals surface area contributed by atoms with E-state index in [-0.39, 0.29) is 17.0 Å². The van der Waals surface area contributed by atoms with Gasteiger partial charge >= 0.3 is 12.1 Å². The van der Waals surface area contributed by atoms with Crippen LogP contribution in [-0.2, 0) is 17.6 Å². The van der Waals surface area contributed by atoms with Crippen molar-refractivity contribution in [3.05, 3.63) is 20.3 Å². The standard InChI is InChI=1S/C15H20ClNO4S/c1-15(2,3)21-14(20)17(4)8-5-6-9-10(7-8)22-12(11(9)16)13(18)19/h8H,5-7H2,1-4H3,(H,18,19). The number of carbonyl (C=O) groups excluding carboxylic acids is 1. The highest BCUT2D eigenvalue weighted by Gasteiger charge is 2.32. The summed E-state index contributed by atoms with van der Waals surface area (Å²) in [6, 6.07) is -0.00119. The molecule has 0 saturated carbocycles. The first-order chi connectivity index (χ1) is 10.1. The van der Waals surface area contributed by atoms with E-state index in [0.717, 1.165) is 16.9 Å².